The van der Waals surface area contributed by atoms with E-state index in [1.807, 2.05) is 80.6 Å². The lowest BCUT2D eigenvalue weighted by molar-refractivity contribution is 0.104. The van der Waals surface area contributed by atoms with E-state index in [2.05, 4.69) is 0 Å². The predicted molar refractivity (Wildman–Crippen MR) is 113 cm³/mol. The molecule has 0 fully saturated rings. The highest BCUT2D eigenvalue weighted by molar-refractivity contribution is 6.07. The van der Waals surface area contributed by atoms with Gasteiger partial charge in [0.15, 0.2) is 17.3 Å². The van der Waals surface area contributed by atoms with Gasteiger partial charge >= 0.3 is 0 Å². The molecule has 0 bridgehead atoms. The van der Waals surface area contributed by atoms with E-state index in [0.29, 0.717) is 18.1 Å². The van der Waals surface area contributed by atoms with Crippen molar-refractivity contribution in [2.75, 3.05) is 7.11 Å². The van der Waals surface area contributed by atoms with Crippen LogP contribution in [0.5, 0.6) is 11.5 Å². The molecule has 3 rings (SSSR count). The summed E-state index contributed by atoms with van der Waals surface area (Å²) < 4.78 is 11.3. The van der Waals surface area contributed by atoms with Crippen LogP contribution in [0.15, 0.2) is 72.8 Å². The quantitative estimate of drug-likeness (QED) is 0.389. The van der Waals surface area contributed by atoms with Crippen molar-refractivity contribution in [2.24, 2.45) is 0 Å². The van der Waals surface area contributed by atoms with Gasteiger partial charge in [-0.1, -0.05) is 66.2 Å². The molecule has 0 saturated heterocycles. The average Bonchev–Trinajstić information content (AvgIpc) is 2.71. The zero-order valence-corrected chi connectivity index (χ0v) is 16.4. The van der Waals surface area contributed by atoms with Gasteiger partial charge in [-0.25, -0.2) is 0 Å². The number of benzene rings is 3. The fourth-order valence-electron chi connectivity index (χ4n) is 3.00. The highest BCUT2D eigenvalue weighted by Gasteiger charge is 2.08. The van der Waals surface area contributed by atoms with Crippen LogP contribution in [0.2, 0.25) is 0 Å². The Labute approximate surface area is 166 Å². The number of hydrogen-bond donors (Lipinski definition) is 0. The molecule has 0 amide bonds. The van der Waals surface area contributed by atoms with Gasteiger partial charge in [0.2, 0.25) is 0 Å². The molecule has 3 aromatic carbocycles. The van der Waals surface area contributed by atoms with Crippen molar-refractivity contribution in [1.82, 2.24) is 0 Å². The number of ketones is 1. The standard InChI is InChI=1S/C25H24O3/c1-18-9-12-22(19(2)15-18)23(26)13-10-20-11-14-24(27-3)25(16-20)28-17-21-7-5-4-6-8-21/h4-16H,17H2,1-3H3/b13-10+. The summed E-state index contributed by atoms with van der Waals surface area (Å²) >= 11 is 0. The summed E-state index contributed by atoms with van der Waals surface area (Å²) in [5.74, 6) is 1.29. The van der Waals surface area contributed by atoms with Crippen LogP contribution in [0.1, 0.15) is 32.6 Å². The minimum Gasteiger partial charge on any atom is -0.493 e. The number of hydrogen-bond acceptors (Lipinski definition) is 3. The molecule has 0 radical (unpaired) electrons. The number of ether oxygens (including phenoxy) is 2. The lowest BCUT2D eigenvalue weighted by Gasteiger charge is -2.11. The maximum Gasteiger partial charge on any atom is 0.186 e. The monoisotopic (exact) mass is 372 g/mol. The second-order valence-electron chi connectivity index (χ2n) is 6.70. The van der Waals surface area contributed by atoms with Gasteiger partial charge in [0, 0.05) is 5.56 Å². The van der Waals surface area contributed by atoms with Gasteiger partial charge in [-0.2, -0.15) is 0 Å². The van der Waals surface area contributed by atoms with Crippen molar-refractivity contribution in [3.8, 4) is 11.5 Å². The SMILES string of the molecule is COc1ccc(/C=C/C(=O)c2ccc(C)cc2C)cc1OCc1ccccc1. The molecular formula is C25H24O3. The smallest absolute Gasteiger partial charge is 0.186 e. The lowest BCUT2D eigenvalue weighted by Crippen LogP contribution is -1.99. The van der Waals surface area contributed by atoms with Crippen LogP contribution >= 0.6 is 0 Å². The number of allylic oxidation sites excluding steroid dienone is 1. The highest BCUT2D eigenvalue weighted by Crippen LogP contribution is 2.29. The maximum absolute atomic E-state index is 12.5. The first kappa shape index (κ1) is 19.4. The largest absolute Gasteiger partial charge is 0.493 e. The molecule has 3 aromatic rings. The summed E-state index contributed by atoms with van der Waals surface area (Å²) in [5.41, 5.74) is 4.80. The van der Waals surface area contributed by atoms with Crippen molar-refractivity contribution in [3.63, 3.8) is 0 Å². The fraction of sp³-hybridized carbons (Fsp3) is 0.160. The first-order chi connectivity index (χ1) is 13.6. The third-order valence-electron chi connectivity index (χ3n) is 4.50. The van der Waals surface area contributed by atoms with E-state index >= 15 is 0 Å². The first-order valence-electron chi connectivity index (χ1n) is 9.21. The molecule has 0 N–H and O–H groups in total. The molecule has 0 aliphatic carbocycles. The van der Waals surface area contributed by atoms with Crippen LogP contribution in [0, 0.1) is 13.8 Å². The Morgan fingerprint density at radius 3 is 2.43 bits per heavy atom. The fourth-order valence-corrected chi connectivity index (χ4v) is 3.00. The van der Waals surface area contributed by atoms with Gasteiger partial charge < -0.3 is 9.47 Å². The lowest BCUT2D eigenvalue weighted by atomic mass is 10.0. The third kappa shape index (κ3) is 4.89. The molecule has 0 unspecified atom stereocenters. The van der Waals surface area contributed by atoms with E-state index in [4.69, 9.17) is 9.47 Å². The number of carbonyl (C=O) groups is 1. The maximum atomic E-state index is 12.5. The van der Waals surface area contributed by atoms with E-state index in [-0.39, 0.29) is 5.78 Å². The third-order valence-corrected chi connectivity index (χ3v) is 4.50. The summed E-state index contributed by atoms with van der Waals surface area (Å²) in [6.45, 7) is 4.42. The Morgan fingerprint density at radius 2 is 1.71 bits per heavy atom. The van der Waals surface area contributed by atoms with Crippen LogP contribution < -0.4 is 9.47 Å². The van der Waals surface area contributed by atoms with Crippen LogP contribution in [-0.4, -0.2) is 12.9 Å². The second kappa shape index (κ2) is 9.05. The summed E-state index contributed by atoms with van der Waals surface area (Å²) in [4.78, 5) is 12.5. The molecule has 0 saturated carbocycles. The number of rotatable bonds is 7. The zero-order chi connectivity index (χ0) is 19.9. The van der Waals surface area contributed by atoms with Gasteiger partial charge in [0.05, 0.1) is 7.11 Å². The molecular weight excluding hydrogens is 348 g/mol. The molecule has 0 aliphatic heterocycles. The summed E-state index contributed by atoms with van der Waals surface area (Å²) in [5, 5.41) is 0. The van der Waals surface area contributed by atoms with Crippen molar-refractivity contribution < 1.29 is 14.3 Å². The highest BCUT2D eigenvalue weighted by atomic mass is 16.5. The Hall–Kier alpha value is -3.33. The van der Waals surface area contributed by atoms with Gasteiger partial charge in [0.1, 0.15) is 6.61 Å². The molecule has 0 aromatic heterocycles. The van der Waals surface area contributed by atoms with Gasteiger partial charge in [-0.3, -0.25) is 4.79 Å². The summed E-state index contributed by atoms with van der Waals surface area (Å²) in [6, 6.07) is 21.4. The molecule has 3 heteroatoms. The number of carbonyl (C=O) groups excluding carboxylic acids is 1. The topological polar surface area (TPSA) is 35.5 Å². The minimum absolute atomic E-state index is 0.0138. The molecule has 3 nitrogen and oxygen atoms in total. The number of methoxy groups -OCH3 is 1. The molecule has 0 spiro atoms. The average molecular weight is 372 g/mol. The van der Waals surface area contributed by atoms with Gasteiger partial charge in [-0.15, -0.1) is 0 Å². The van der Waals surface area contributed by atoms with Crippen molar-refractivity contribution in [2.45, 2.75) is 20.5 Å². The van der Waals surface area contributed by atoms with Crippen LogP contribution in [0.25, 0.3) is 6.08 Å². The molecule has 28 heavy (non-hydrogen) atoms. The molecule has 0 aliphatic rings. The first-order valence-corrected chi connectivity index (χ1v) is 9.21. The normalized spacial score (nSPS) is 10.8. The second-order valence-corrected chi connectivity index (χ2v) is 6.70. The Kier molecular flexibility index (Phi) is 6.28. The van der Waals surface area contributed by atoms with Crippen molar-refractivity contribution >= 4 is 11.9 Å². The van der Waals surface area contributed by atoms with Gasteiger partial charge in [-0.05, 0) is 48.7 Å². The van der Waals surface area contributed by atoms with E-state index in [0.717, 1.165) is 27.8 Å². The number of aryl methyl sites for hydroxylation is 2. The predicted octanol–water partition coefficient (Wildman–Crippen LogP) is 5.79. The Balaban J connectivity index is 1.76. The Bertz CT molecular complexity index is 988. The van der Waals surface area contributed by atoms with E-state index in [1.165, 1.54) is 0 Å². The van der Waals surface area contributed by atoms with Gasteiger partial charge in [0.25, 0.3) is 0 Å². The van der Waals surface area contributed by atoms with Crippen LogP contribution in [0.3, 0.4) is 0 Å². The minimum atomic E-state index is -0.0138. The van der Waals surface area contributed by atoms with Crippen LogP contribution in [-0.2, 0) is 6.61 Å². The summed E-state index contributed by atoms with van der Waals surface area (Å²) in [7, 11) is 1.61. The van der Waals surface area contributed by atoms with Crippen molar-refractivity contribution in [1.29, 1.82) is 0 Å². The molecule has 0 atom stereocenters. The van der Waals surface area contributed by atoms with Crippen molar-refractivity contribution in [3.05, 3.63) is 101 Å². The molecule has 0 heterocycles. The Morgan fingerprint density at radius 1 is 0.929 bits per heavy atom. The van der Waals surface area contributed by atoms with E-state index in [1.54, 1.807) is 19.3 Å². The zero-order valence-electron chi connectivity index (χ0n) is 16.4. The van der Waals surface area contributed by atoms with E-state index in [9.17, 15) is 4.79 Å². The van der Waals surface area contributed by atoms with E-state index < -0.39 is 0 Å². The summed E-state index contributed by atoms with van der Waals surface area (Å²) in [6.07, 6.45) is 3.40. The molecule has 142 valence electrons. The van der Waals surface area contributed by atoms with Crippen LogP contribution in [0.4, 0.5) is 0 Å².